The fourth-order valence-electron chi connectivity index (χ4n) is 9.21. The van der Waals surface area contributed by atoms with Gasteiger partial charge in [0, 0.05) is 5.41 Å². The van der Waals surface area contributed by atoms with Gasteiger partial charge in [-0.25, -0.2) is 0 Å². The van der Waals surface area contributed by atoms with Gasteiger partial charge in [0.2, 0.25) is 0 Å². The summed E-state index contributed by atoms with van der Waals surface area (Å²) < 4.78 is 0. The first kappa shape index (κ1) is 40.3. The second-order valence-corrected chi connectivity index (χ2v) is 16.2. The molecule has 3 nitrogen and oxygen atoms in total. The summed E-state index contributed by atoms with van der Waals surface area (Å²) in [5.41, 5.74) is 5.05. The topological polar surface area (TPSA) is 60.7 Å². The molecule has 9 aromatic carbocycles. The van der Waals surface area contributed by atoms with Crippen molar-refractivity contribution >= 4 is 0 Å². The zero-order valence-electron chi connectivity index (χ0n) is 34.6. The first-order valence-electron chi connectivity index (χ1n) is 21.1. The summed E-state index contributed by atoms with van der Waals surface area (Å²) in [5.74, 6) is 0. The van der Waals surface area contributed by atoms with Crippen LogP contribution in [0, 0.1) is 0 Å². The van der Waals surface area contributed by atoms with Crippen LogP contribution in [0.4, 0.5) is 0 Å². The zero-order chi connectivity index (χ0) is 42.6. The number of benzene rings is 9. The molecule has 0 spiro atoms. The second kappa shape index (κ2) is 16.7. The third kappa shape index (κ3) is 6.97. The van der Waals surface area contributed by atoms with Crippen LogP contribution in [-0.4, -0.2) is 15.3 Å². The lowest BCUT2D eigenvalue weighted by Gasteiger charge is -2.36. The van der Waals surface area contributed by atoms with Gasteiger partial charge < -0.3 is 15.3 Å². The molecule has 9 aromatic rings. The molecule has 0 aliphatic heterocycles. The Kier molecular flexibility index (Phi) is 10.9. The van der Waals surface area contributed by atoms with Gasteiger partial charge in [-0.3, -0.25) is 0 Å². The van der Waals surface area contributed by atoms with Gasteiger partial charge in [0.25, 0.3) is 0 Å². The molecule has 0 aliphatic carbocycles. The maximum Gasteiger partial charge on any atom is 0.140 e. The van der Waals surface area contributed by atoms with E-state index in [1.54, 1.807) is 0 Å². The average molecular weight is 805 g/mol. The molecule has 302 valence electrons. The third-order valence-electron chi connectivity index (χ3n) is 12.8. The Morgan fingerprint density at radius 1 is 0.194 bits per heavy atom. The molecule has 3 N–H and O–H groups in total. The second-order valence-electron chi connectivity index (χ2n) is 16.2. The van der Waals surface area contributed by atoms with E-state index >= 15 is 0 Å². The molecule has 0 aliphatic rings. The summed E-state index contributed by atoms with van der Waals surface area (Å²) in [6.07, 6.45) is 0. The molecule has 0 heterocycles. The van der Waals surface area contributed by atoms with Crippen molar-refractivity contribution in [3.63, 3.8) is 0 Å². The first-order chi connectivity index (χ1) is 30.3. The number of hydrogen-bond acceptors (Lipinski definition) is 3. The molecular weight excluding hydrogens is 757 g/mol. The van der Waals surface area contributed by atoms with E-state index in [2.05, 4.69) is 43.3 Å². The maximum absolute atomic E-state index is 12.7. The summed E-state index contributed by atoms with van der Waals surface area (Å²) in [4.78, 5) is 0. The number of aliphatic hydroxyl groups is 3. The molecule has 0 amide bonds. The van der Waals surface area contributed by atoms with Crippen LogP contribution in [0.25, 0.3) is 0 Å². The first-order valence-corrected chi connectivity index (χ1v) is 21.1. The smallest absolute Gasteiger partial charge is 0.140 e. The van der Waals surface area contributed by atoms with Crippen molar-refractivity contribution in [1.82, 2.24) is 0 Å². The SMILES string of the molecule is CC(c1ccc(C(O)(c2ccccc2)c2ccccc2)cc1)(c1ccc(C(O)(c2ccccc2)c2ccccc2)cc1)c1ccc(C(O)(c2ccccc2)c2ccccc2)cc1. The van der Waals surface area contributed by atoms with E-state index < -0.39 is 22.2 Å². The molecule has 3 heteroatoms. The lowest BCUT2D eigenvalue weighted by molar-refractivity contribution is 0.125. The van der Waals surface area contributed by atoms with Gasteiger partial charge in [-0.15, -0.1) is 0 Å². The van der Waals surface area contributed by atoms with Crippen molar-refractivity contribution in [2.75, 3.05) is 0 Å². The summed E-state index contributed by atoms with van der Waals surface area (Å²) in [6, 6.07) is 83.6. The lowest BCUT2D eigenvalue weighted by Crippen LogP contribution is -2.31. The maximum atomic E-state index is 12.7. The van der Waals surface area contributed by atoms with E-state index in [9.17, 15) is 15.3 Å². The van der Waals surface area contributed by atoms with Crippen LogP contribution >= 0.6 is 0 Å². The lowest BCUT2D eigenvalue weighted by atomic mass is 9.69. The Bertz CT molecular complexity index is 2390. The Hall–Kier alpha value is -7.14. The van der Waals surface area contributed by atoms with E-state index in [1.807, 2.05) is 218 Å². The summed E-state index contributed by atoms with van der Waals surface area (Å²) in [7, 11) is 0. The van der Waals surface area contributed by atoms with Crippen molar-refractivity contribution in [3.8, 4) is 0 Å². The van der Waals surface area contributed by atoms with Crippen molar-refractivity contribution in [2.45, 2.75) is 29.1 Å². The van der Waals surface area contributed by atoms with E-state index in [-0.39, 0.29) is 0 Å². The molecule has 9 rings (SSSR count). The molecular formula is C59H48O3. The van der Waals surface area contributed by atoms with Gasteiger partial charge in [0.15, 0.2) is 0 Å². The highest BCUT2D eigenvalue weighted by Gasteiger charge is 2.39. The van der Waals surface area contributed by atoms with Crippen LogP contribution in [0.2, 0.25) is 0 Å². The van der Waals surface area contributed by atoms with Gasteiger partial charge >= 0.3 is 0 Å². The van der Waals surface area contributed by atoms with Crippen molar-refractivity contribution in [3.05, 3.63) is 322 Å². The Morgan fingerprint density at radius 3 is 0.484 bits per heavy atom. The van der Waals surface area contributed by atoms with Gasteiger partial charge in [-0.2, -0.15) is 0 Å². The van der Waals surface area contributed by atoms with Crippen LogP contribution in [0.3, 0.4) is 0 Å². The molecule has 62 heavy (non-hydrogen) atoms. The molecule has 0 unspecified atom stereocenters. The quantitative estimate of drug-likeness (QED) is 0.108. The fraction of sp³-hybridized carbons (Fsp3) is 0.0847. The zero-order valence-corrected chi connectivity index (χ0v) is 34.6. The standard InChI is InChI=1S/C59H48O3/c1-56(44-32-38-53(39-33-44)57(60,47-20-8-2-9-21-47)48-22-10-3-11-23-48,45-34-40-54(41-35-45)58(61,49-24-12-4-13-25-49)50-26-14-5-15-27-50)46-36-42-55(43-37-46)59(62,51-28-16-6-17-29-51)52-30-18-7-19-31-52/h2-43,60-62H,1H3. The minimum atomic E-state index is -1.39. The Labute approximate surface area is 364 Å². The van der Waals surface area contributed by atoms with Crippen LogP contribution in [0.1, 0.15) is 73.7 Å². The molecule has 0 radical (unpaired) electrons. The van der Waals surface area contributed by atoms with Gasteiger partial charge in [-0.1, -0.05) is 255 Å². The highest BCUT2D eigenvalue weighted by Crippen LogP contribution is 2.45. The van der Waals surface area contributed by atoms with Crippen LogP contribution in [-0.2, 0) is 22.2 Å². The highest BCUT2D eigenvalue weighted by atomic mass is 16.3. The average Bonchev–Trinajstić information content (AvgIpc) is 3.37. The predicted octanol–water partition coefficient (Wildman–Crippen LogP) is 11.9. The molecule has 0 saturated heterocycles. The Morgan fingerprint density at radius 2 is 0.323 bits per heavy atom. The van der Waals surface area contributed by atoms with Gasteiger partial charge in [-0.05, 0) is 73.7 Å². The van der Waals surface area contributed by atoms with Crippen molar-refractivity contribution < 1.29 is 15.3 Å². The highest BCUT2D eigenvalue weighted by molar-refractivity contribution is 5.57. The normalized spacial score (nSPS) is 12.2. The molecule has 0 bridgehead atoms. The van der Waals surface area contributed by atoms with Gasteiger partial charge in [0.05, 0.1) is 0 Å². The largest absolute Gasteiger partial charge is 0.376 e. The van der Waals surface area contributed by atoms with E-state index in [1.165, 1.54) is 0 Å². The number of hydrogen-bond donors (Lipinski definition) is 3. The fourth-order valence-corrected chi connectivity index (χ4v) is 9.21. The minimum absolute atomic E-state index is 0.720. The van der Waals surface area contributed by atoms with Crippen molar-refractivity contribution in [2.24, 2.45) is 0 Å². The monoisotopic (exact) mass is 804 g/mol. The van der Waals surface area contributed by atoms with Crippen LogP contribution in [0.5, 0.6) is 0 Å². The Balaban J connectivity index is 1.19. The number of rotatable bonds is 12. The van der Waals surface area contributed by atoms with Crippen molar-refractivity contribution in [1.29, 1.82) is 0 Å². The predicted molar refractivity (Wildman–Crippen MR) is 250 cm³/mol. The molecule has 0 aromatic heterocycles. The minimum Gasteiger partial charge on any atom is -0.376 e. The summed E-state index contributed by atoms with van der Waals surface area (Å²) >= 11 is 0. The van der Waals surface area contributed by atoms with E-state index in [0.29, 0.717) is 0 Å². The molecule has 0 atom stereocenters. The summed E-state index contributed by atoms with van der Waals surface area (Å²) in [6.45, 7) is 2.22. The van der Waals surface area contributed by atoms with Crippen LogP contribution in [0.15, 0.2) is 255 Å². The van der Waals surface area contributed by atoms with E-state index in [4.69, 9.17) is 0 Å². The van der Waals surface area contributed by atoms with Crippen LogP contribution < -0.4 is 0 Å². The molecule has 0 fully saturated rings. The summed E-state index contributed by atoms with van der Waals surface area (Å²) in [5, 5.41) is 38.1. The molecule has 0 saturated carbocycles. The third-order valence-corrected chi connectivity index (χ3v) is 12.8. The van der Waals surface area contributed by atoms with E-state index in [0.717, 1.165) is 66.8 Å². The van der Waals surface area contributed by atoms with Gasteiger partial charge in [0.1, 0.15) is 16.8 Å².